The van der Waals surface area contributed by atoms with Crippen molar-refractivity contribution < 1.29 is 81.2 Å². The number of unbranched alkanes of at least 4 members (excludes halogenated alkanes) is 2. The molecule has 1 fully saturated rings. The quantitative estimate of drug-likeness (QED) is 0.0534. The number of nitrogens with zero attached hydrogens (tertiary/aromatic N) is 2. The number of carbonyl (C=O) groups is 4. The highest BCUT2D eigenvalue weighted by molar-refractivity contribution is 7.13. The number of fused-ring (bicyclic) bond motifs is 1. The Hall–Kier alpha value is -3.85. The number of rotatable bonds is 47. The Morgan fingerprint density at radius 3 is 1.66 bits per heavy atom. The summed E-state index contributed by atoms with van der Waals surface area (Å²) in [6, 6.07) is 2.03. The Balaban J connectivity index is 1.05. The van der Waals surface area contributed by atoms with Gasteiger partial charge in [-0.25, -0.2) is 14.9 Å². The molecule has 23 heteroatoms. The molecular weight excluding hydrogens is 951 g/mol. The van der Waals surface area contributed by atoms with E-state index in [1.807, 2.05) is 19.1 Å². The number of amidine groups is 1. The summed E-state index contributed by atoms with van der Waals surface area (Å²) >= 11 is 1.60. The van der Waals surface area contributed by atoms with Crippen LogP contribution in [0.4, 0.5) is 10.5 Å². The van der Waals surface area contributed by atoms with Crippen LogP contribution >= 0.6 is 11.3 Å². The van der Waals surface area contributed by atoms with Crippen molar-refractivity contribution in [3.8, 4) is 0 Å². The number of aliphatic carboxylic acids is 1. The van der Waals surface area contributed by atoms with Crippen LogP contribution in [0.5, 0.6) is 0 Å². The minimum atomic E-state index is -0.883. The second-order valence-electron chi connectivity index (χ2n) is 16.2. The summed E-state index contributed by atoms with van der Waals surface area (Å²) in [6.07, 6.45) is 9.02. The summed E-state index contributed by atoms with van der Waals surface area (Å²) in [5.74, 6) is -0.849. The molecule has 1 aromatic heterocycles. The predicted octanol–water partition coefficient (Wildman–Crippen LogP) is 3.83. The number of aliphatic imine (C=N–C) groups is 1. The first kappa shape index (κ1) is 61.4. The highest BCUT2D eigenvalue weighted by atomic mass is 32.1. The fourth-order valence-corrected chi connectivity index (χ4v) is 7.51. The van der Waals surface area contributed by atoms with E-state index in [-0.39, 0.29) is 56.9 Å². The number of alkyl carbamates (subject to hydrolysis) is 1. The molecule has 1 aliphatic carbocycles. The fraction of sp³-hybridized carbons (Fsp3) is 0.771. The van der Waals surface area contributed by atoms with Crippen molar-refractivity contribution in [3.05, 3.63) is 21.4 Å². The van der Waals surface area contributed by atoms with Crippen LogP contribution in [0.15, 0.2) is 16.6 Å². The third-order valence-corrected chi connectivity index (χ3v) is 11.4. The van der Waals surface area contributed by atoms with Crippen LogP contribution in [0.3, 0.4) is 0 Å². The smallest absolute Gasteiger partial charge is 0.407 e. The fourth-order valence-electron chi connectivity index (χ4n) is 6.40. The minimum absolute atomic E-state index is 0.00416. The van der Waals surface area contributed by atoms with Crippen molar-refractivity contribution >= 4 is 52.8 Å². The number of hydroxylamine groups is 2. The van der Waals surface area contributed by atoms with Crippen molar-refractivity contribution in [1.29, 1.82) is 0 Å². The molecule has 5 N–H and O–H groups in total. The largest absolute Gasteiger partial charge is 0.481 e. The monoisotopic (exact) mass is 1030 g/mol. The summed E-state index contributed by atoms with van der Waals surface area (Å²) < 4.78 is 59.7. The Kier molecular flexibility index (Phi) is 36.0. The molecule has 3 rings (SSSR count). The molecule has 0 aromatic carbocycles. The second kappa shape index (κ2) is 41.6. The normalized spacial score (nSPS) is 13.5. The van der Waals surface area contributed by atoms with Crippen molar-refractivity contribution in [2.75, 3.05) is 158 Å². The number of hydrogen-bond donors (Lipinski definition) is 4. The topological polar surface area (TPSA) is 265 Å². The van der Waals surface area contributed by atoms with Crippen LogP contribution in [0.25, 0.3) is 6.08 Å². The zero-order valence-electron chi connectivity index (χ0n) is 41.8. The lowest BCUT2D eigenvalue weighted by atomic mass is 9.96. The van der Waals surface area contributed by atoms with E-state index in [2.05, 4.69) is 15.6 Å². The summed E-state index contributed by atoms with van der Waals surface area (Å²) in [7, 11) is 0. The van der Waals surface area contributed by atoms with Gasteiger partial charge in [-0.15, -0.1) is 11.3 Å². The molecule has 0 saturated heterocycles. The molecule has 0 spiro atoms. The molecule has 3 amide bonds. The number of carbonyl (C=O) groups excluding carboxylic acids is 3. The van der Waals surface area contributed by atoms with Gasteiger partial charge in [0.25, 0.3) is 5.91 Å². The molecule has 22 nitrogen and oxygen atoms in total. The number of amides is 3. The molecule has 406 valence electrons. The van der Waals surface area contributed by atoms with Gasteiger partial charge in [-0.1, -0.05) is 13.3 Å². The lowest BCUT2D eigenvalue weighted by Gasteiger charge is -2.25. The van der Waals surface area contributed by atoms with E-state index in [1.165, 1.54) is 5.06 Å². The minimum Gasteiger partial charge on any atom is -0.481 e. The number of carboxylic acids is 1. The van der Waals surface area contributed by atoms with Crippen LogP contribution in [-0.4, -0.2) is 204 Å². The molecule has 71 heavy (non-hydrogen) atoms. The molecule has 2 aliphatic rings. The molecule has 0 atom stereocenters. The van der Waals surface area contributed by atoms with Crippen LogP contribution < -0.4 is 16.4 Å². The van der Waals surface area contributed by atoms with Crippen molar-refractivity contribution in [2.45, 2.75) is 83.7 Å². The van der Waals surface area contributed by atoms with Gasteiger partial charge in [-0.3, -0.25) is 19.2 Å². The van der Waals surface area contributed by atoms with Crippen LogP contribution in [-0.2, 0) is 77.7 Å². The van der Waals surface area contributed by atoms with Gasteiger partial charge in [0, 0.05) is 42.9 Å². The third kappa shape index (κ3) is 32.1. The number of hydrogen-bond acceptors (Lipinski definition) is 19. The van der Waals surface area contributed by atoms with E-state index in [9.17, 15) is 19.2 Å². The van der Waals surface area contributed by atoms with Gasteiger partial charge in [0.1, 0.15) is 11.9 Å². The van der Waals surface area contributed by atoms with Crippen molar-refractivity contribution in [2.24, 2.45) is 10.7 Å². The van der Waals surface area contributed by atoms with Gasteiger partial charge in [0.2, 0.25) is 5.91 Å². The zero-order chi connectivity index (χ0) is 50.8. The highest BCUT2D eigenvalue weighted by Gasteiger charge is 2.24. The second-order valence-corrected chi connectivity index (χ2v) is 17.4. The van der Waals surface area contributed by atoms with E-state index in [0.717, 1.165) is 60.4 Å². The number of ether oxygens (including phenoxy) is 11. The van der Waals surface area contributed by atoms with E-state index < -0.39 is 12.1 Å². The van der Waals surface area contributed by atoms with Crippen molar-refractivity contribution in [1.82, 2.24) is 15.7 Å². The number of nitrogens with two attached hydrogens (primary N) is 1. The maximum absolute atomic E-state index is 13.5. The third-order valence-electron chi connectivity index (χ3n) is 10.3. The van der Waals surface area contributed by atoms with Gasteiger partial charge in [-0.2, -0.15) is 0 Å². The van der Waals surface area contributed by atoms with E-state index in [4.69, 9.17) is 67.8 Å². The Morgan fingerprint density at radius 1 is 0.676 bits per heavy atom. The average molecular weight is 1030 g/mol. The van der Waals surface area contributed by atoms with Crippen LogP contribution in [0, 0.1) is 0 Å². The lowest BCUT2D eigenvalue weighted by Crippen LogP contribution is -2.38. The van der Waals surface area contributed by atoms with E-state index >= 15 is 0 Å². The molecule has 0 bridgehead atoms. The Bertz CT molecular complexity index is 1650. The standard InChI is InChI=1S/C48H81N5O17S/c1-2-14-53(69-17-13-51-48(58)70-40-7-6-8-40)47(57)39-36-43-42(52-44(49)37-39)38-41(71-43)9-4-3-5-12-50-45(54)10-15-59-18-20-61-22-24-63-26-28-65-30-32-67-34-35-68-33-31-66-29-27-64-25-23-62-21-19-60-16-11-46(55)56/h36,38,40H,2-35,37H2,1H3,(H2,49,52)(H,50,54)(H,51,58)(H,55,56). The predicted molar refractivity (Wildman–Crippen MR) is 264 cm³/mol. The summed E-state index contributed by atoms with van der Waals surface area (Å²) in [5, 5.41) is 15.5. The first-order valence-corrected chi connectivity index (χ1v) is 25.9. The maximum Gasteiger partial charge on any atom is 0.407 e. The van der Waals surface area contributed by atoms with Gasteiger partial charge in [0.15, 0.2) is 0 Å². The first-order chi connectivity index (χ1) is 34.7. The van der Waals surface area contributed by atoms with Crippen molar-refractivity contribution in [3.63, 3.8) is 0 Å². The van der Waals surface area contributed by atoms with Gasteiger partial charge in [-0.05, 0) is 57.1 Å². The Labute approximate surface area is 422 Å². The average Bonchev–Trinajstić information content (AvgIpc) is 3.63. The SMILES string of the molecule is CCCN(OCCNC(=O)OC1CCC1)C(=O)C1=Cc2sc(CCCCCNC(=O)CCOCCOCCOCCOCCOCCOCCOCCOCCOCCOCCC(=O)O)cc2N=C(N)C1. The highest BCUT2D eigenvalue weighted by Crippen LogP contribution is 2.35. The Morgan fingerprint density at radius 2 is 1.18 bits per heavy atom. The molecule has 1 aromatic rings. The number of carboxylic acid groups (broad SMARTS) is 1. The van der Waals surface area contributed by atoms with E-state index in [0.29, 0.717) is 156 Å². The molecule has 0 radical (unpaired) electrons. The van der Waals surface area contributed by atoms with Gasteiger partial charge < -0.3 is 73.6 Å². The molecule has 0 unspecified atom stereocenters. The summed E-state index contributed by atoms with van der Waals surface area (Å²) in [4.78, 5) is 60.5. The number of aryl methyl sites for hydroxylation is 1. The molecule has 1 aliphatic heterocycles. The summed E-state index contributed by atoms with van der Waals surface area (Å²) in [6.45, 7) is 11.7. The molecule has 1 saturated carbocycles. The zero-order valence-corrected chi connectivity index (χ0v) is 42.7. The first-order valence-electron chi connectivity index (χ1n) is 25.1. The molecular formula is C48H81N5O17S. The van der Waals surface area contributed by atoms with Gasteiger partial charge >= 0.3 is 12.1 Å². The van der Waals surface area contributed by atoms with Gasteiger partial charge in [0.05, 0.1) is 156 Å². The van der Waals surface area contributed by atoms with Crippen LogP contribution in [0.2, 0.25) is 0 Å². The number of thiophene rings is 1. The molecule has 2 heterocycles. The maximum atomic E-state index is 13.5. The van der Waals surface area contributed by atoms with Crippen LogP contribution in [0.1, 0.15) is 80.9 Å². The summed E-state index contributed by atoms with van der Waals surface area (Å²) in [5.41, 5.74) is 7.50. The number of nitrogens with one attached hydrogen (secondary N) is 2. The van der Waals surface area contributed by atoms with E-state index in [1.54, 1.807) is 11.3 Å². The lowest BCUT2D eigenvalue weighted by molar-refractivity contribution is -0.181.